The number of carbonyl (C=O) groups is 2. The zero-order valence-corrected chi connectivity index (χ0v) is 9.45. The van der Waals surface area contributed by atoms with E-state index < -0.39 is 6.03 Å². The second-order valence-corrected chi connectivity index (χ2v) is 2.90. The Morgan fingerprint density at radius 3 is 2.62 bits per heavy atom. The van der Waals surface area contributed by atoms with Crippen molar-refractivity contribution in [1.82, 2.24) is 10.6 Å². The van der Waals surface area contributed by atoms with Crippen LogP contribution in [0.2, 0.25) is 0 Å². The van der Waals surface area contributed by atoms with Gasteiger partial charge in [-0.25, -0.2) is 9.59 Å². The molecule has 0 atom stereocenters. The van der Waals surface area contributed by atoms with Gasteiger partial charge in [0, 0.05) is 19.6 Å². The molecule has 0 bridgehead atoms. The molecule has 7 heteroatoms. The fraction of sp³-hybridized carbons (Fsp3) is 0.778. The Bertz CT molecular complexity index is 211. The quantitative estimate of drug-likeness (QED) is 0.344. The number of hydrogen-bond donors (Lipinski definition) is 3. The van der Waals surface area contributed by atoms with Crippen molar-refractivity contribution in [2.24, 2.45) is 5.73 Å². The molecule has 0 saturated carbocycles. The van der Waals surface area contributed by atoms with Gasteiger partial charge in [-0.1, -0.05) is 0 Å². The largest absolute Gasteiger partial charge is 0.464 e. The van der Waals surface area contributed by atoms with E-state index in [1.807, 2.05) is 0 Å². The average Bonchev–Trinajstić information content (AvgIpc) is 2.22. The molecule has 0 saturated heterocycles. The monoisotopic (exact) mass is 233 g/mol. The van der Waals surface area contributed by atoms with Gasteiger partial charge in [0.1, 0.15) is 6.61 Å². The van der Waals surface area contributed by atoms with Crippen molar-refractivity contribution in [3.63, 3.8) is 0 Å². The minimum atomic E-state index is -0.541. The third kappa shape index (κ3) is 10.7. The van der Waals surface area contributed by atoms with Crippen molar-refractivity contribution in [2.75, 3.05) is 39.5 Å². The SMILES string of the molecule is CCOC(=O)COCCNCCNC(N)=O. The van der Waals surface area contributed by atoms with E-state index >= 15 is 0 Å². The smallest absolute Gasteiger partial charge is 0.332 e. The van der Waals surface area contributed by atoms with Gasteiger partial charge in [-0.2, -0.15) is 0 Å². The highest BCUT2D eigenvalue weighted by Crippen LogP contribution is 1.80. The van der Waals surface area contributed by atoms with Crippen LogP contribution in [-0.2, 0) is 14.3 Å². The van der Waals surface area contributed by atoms with E-state index in [2.05, 4.69) is 15.4 Å². The molecule has 0 spiro atoms. The van der Waals surface area contributed by atoms with Gasteiger partial charge in [0.2, 0.25) is 0 Å². The van der Waals surface area contributed by atoms with Crippen LogP contribution >= 0.6 is 0 Å². The van der Waals surface area contributed by atoms with Crippen LogP contribution in [-0.4, -0.2) is 51.5 Å². The molecule has 0 aromatic heterocycles. The Kier molecular flexibility index (Phi) is 9.33. The third-order valence-corrected chi connectivity index (χ3v) is 1.55. The summed E-state index contributed by atoms with van der Waals surface area (Å²) in [7, 11) is 0. The van der Waals surface area contributed by atoms with Crippen LogP contribution in [0.25, 0.3) is 0 Å². The molecular formula is C9H19N3O4. The molecule has 0 aromatic rings. The topological polar surface area (TPSA) is 103 Å². The number of nitrogens with two attached hydrogens (primary N) is 1. The third-order valence-electron chi connectivity index (χ3n) is 1.55. The summed E-state index contributed by atoms with van der Waals surface area (Å²) in [6.07, 6.45) is 0. The molecule has 0 heterocycles. The van der Waals surface area contributed by atoms with Crippen LogP contribution in [0, 0.1) is 0 Å². The highest BCUT2D eigenvalue weighted by atomic mass is 16.6. The van der Waals surface area contributed by atoms with Gasteiger partial charge in [0.25, 0.3) is 0 Å². The number of rotatable bonds is 9. The summed E-state index contributed by atoms with van der Waals surface area (Å²) in [5.41, 5.74) is 4.86. The number of nitrogens with one attached hydrogen (secondary N) is 2. The molecule has 0 aromatic carbocycles. The number of ether oxygens (including phenoxy) is 2. The van der Waals surface area contributed by atoms with E-state index in [-0.39, 0.29) is 12.6 Å². The van der Waals surface area contributed by atoms with Gasteiger partial charge in [0.05, 0.1) is 13.2 Å². The van der Waals surface area contributed by atoms with E-state index in [1.165, 1.54) is 0 Å². The van der Waals surface area contributed by atoms with Gasteiger partial charge in [-0.15, -0.1) is 0 Å². The Morgan fingerprint density at radius 2 is 2.00 bits per heavy atom. The first-order valence-corrected chi connectivity index (χ1v) is 5.14. The molecule has 0 aliphatic rings. The molecule has 7 nitrogen and oxygen atoms in total. The lowest BCUT2D eigenvalue weighted by Crippen LogP contribution is -2.36. The maximum absolute atomic E-state index is 10.8. The van der Waals surface area contributed by atoms with Crippen molar-refractivity contribution in [3.8, 4) is 0 Å². The Hall–Kier alpha value is -1.34. The number of hydrogen-bond acceptors (Lipinski definition) is 5. The minimum absolute atomic E-state index is 0.0327. The van der Waals surface area contributed by atoms with Crippen LogP contribution < -0.4 is 16.4 Å². The summed E-state index contributed by atoms with van der Waals surface area (Å²) in [6, 6.07) is -0.541. The van der Waals surface area contributed by atoms with Crippen LogP contribution in [0.1, 0.15) is 6.92 Å². The molecule has 0 radical (unpaired) electrons. The number of amides is 2. The summed E-state index contributed by atoms with van der Waals surface area (Å²) >= 11 is 0. The summed E-state index contributed by atoms with van der Waals surface area (Å²) in [6.45, 7) is 4.15. The normalized spacial score (nSPS) is 9.81. The first-order chi connectivity index (χ1) is 7.66. The molecule has 0 aliphatic heterocycles. The fourth-order valence-corrected chi connectivity index (χ4v) is 0.902. The van der Waals surface area contributed by atoms with E-state index in [0.29, 0.717) is 32.8 Å². The molecule has 2 amide bonds. The number of carbonyl (C=O) groups excluding carboxylic acids is 2. The predicted molar refractivity (Wildman–Crippen MR) is 57.9 cm³/mol. The maximum Gasteiger partial charge on any atom is 0.332 e. The first-order valence-electron chi connectivity index (χ1n) is 5.14. The van der Waals surface area contributed by atoms with Gasteiger partial charge >= 0.3 is 12.0 Å². The van der Waals surface area contributed by atoms with Crippen molar-refractivity contribution < 1.29 is 19.1 Å². The van der Waals surface area contributed by atoms with Crippen molar-refractivity contribution in [1.29, 1.82) is 0 Å². The molecule has 0 fully saturated rings. The lowest BCUT2D eigenvalue weighted by Gasteiger charge is -2.06. The minimum Gasteiger partial charge on any atom is -0.464 e. The molecule has 0 unspecified atom stereocenters. The maximum atomic E-state index is 10.8. The Morgan fingerprint density at radius 1 is 1.25 bits per heavy atom. The number of primary amides is 1. The fourth-order valence-electron chi connectivity index (χ4n) is 0.902. The predicted octanol–water partition coefficient (Wildman–Crippen LogP) is -1.18. The van der Waals surface area contributed by atoms with E-state index in [4.69, 9.17) is 10.5 Å². The summed E-state index contributed by atoms with van der Waals surface area (Å²) in [5.74, 6) is -0.363. The molecule has 0 aliphatic carbocycles. The van der Waals surface area contributed by atoms with E-state index in [9.17, 15) is 9.59 Å². The van der Waals surface area contributed by atoms with Crippen molar-refractivity contribution in [3.05, 3.63) is 0 Å². The molecule has 16 heavy (non-hydrogen) atoms. The van der Waals surface area contributed by atoms with Crippen molar-refractivity contribution >= 4 is 12.0 Å². The van der Waals surface area contributed by atoms with Crippen LogP contribution in [0.15, 0.2) is 0 Å². The Balaban J connectivity index is 3.09. The molecular weight excluding hydrogens is 214 g/mol. The lowest BCUT2D eigenvalue weighted by molar-refractivity contribution is -0.148. The van der Waals surface area contributed by atoms with Gasteiger partial charge in [0.15, 0.2) is 0 Å². The first kappa shape index (κ1) is 14.7. The van der Waals surface area contributed by atoms with Crippen LogP contribution in [0.3, 0.4) is 0 Å². The highest BCUT2D eigenvalue weighted by molar-refractivity contribution is 5.71. The summed E-state index contributed by atoms with van der Waals surface area (Å²) in [5, 5.41) is 5.43. The Labute approximate surface area is 94.6 Å². The molecule has 4 N–H and O–H groups in total. The van der Waals surface area contributed by atoms with Gasteiger partial charge < -0.3 is 25.8 Å². The van der Waals surface area contributed by atoms with Gasteiger partial charge in [-0.3, -0.25) is 0 Å². The number of urea groups is 1. The number of esters is 1. The zero-order chi connectivity index (χ0) is 12.2. The summed E-state index contributed by atoms with van der Waals surface area (Å²) in [4.78, 5) is 21.1. The average molecular weight is 233 g/mol. The van der Waals surface area contributed by atoms with E-state index in [0.717, 1.165) is 0 Å². The van der Waals surface area contributed by atoms with Crippen LogP contribution in [0.5, 0.6) is 0 Å². The van der Waals surface area contributed by atoms with Crippen molar-refractivity contribution in [2.45, 2.75) is 6.92 Å². The zero-order valence-electron chi connectivity index (χ0n) is 9.45. The summed E-state index contributed by atoms with van der Waals surface area (Å²) < 4.78 is 9.69. The standard InChI is InChI=1S/C9H19N3O4/c1-2-16-8(13)7-15-6-5-11-3-4-12-9(10)14/h11H,2-7H2,1H3,(H3,10,12,14). The molecule has 0 rings (SSSR count). The molecule has 94 valence electrons. The van der Waals surface area contributed by atoms with Gasteiger partial charge in [-0.05, 0) is 6.92 Å². The van der Waals surface area contributed by atoms with E-state index in [1.54, 1.807) is 6.92 Å². The second-order valence-electron chi connectivity index (χ2n) is 2.90. The lowest BCUT2D eigenvalue weighted by atomic mass is 10.5. The second kappa shape index (κ2) is 10.2. The highest BCUT2D eigenvalue weighted by Gasteiger charge is 2.00. The van der Waals surface area contributed by atoms with Crippen LogP contribution in [0.4, 0.5) is 4.79 Å².